The lowest BCUT2D eigenvalue weighted by Crippen LogP contribution is -2.24. The average Bonchev–Trinajstić information content (AvgIpc) is 2.86. The van der Waals surface area contributed by atoms with Gasteiger partial charge in [0.1, 0.15) is 5.75 Å². The Bertz CT molecular complexity index is 996. The van der Waals surface area contributed by atoms with E-state index in [4.69, 9.17) is 27.9 Å². The molecule has 3 rings (SSSR count). The summed E-state index contributed by atoms with van der Waals surface area (Å²) in [6.45, 7) is 1.81. The highest BCUT2D eigenvalue weighted by atomic mass is 35.5. The monoisotopic (exact) mass is 389 g/mol. The van der Waals surface area contributed by atoms with E-state index in [2.05, 4.69) is 15.1 Å². The van der Waals surface area contributed by atoms with Gasteiger partial charge in [0.05, 0.1) is 11.2 Å². The molecular formula is C19H17Cl2N3O2. The molecule has 0 bridgehead atoms. The second kappa shape index (κ2) is 7.81. The molecule has 0 fully saturated rings. The van der Waals surface area contributed by atoms with Crippen molar-refractivity contribution in [3.8, 4) is 5.75 Å². The third kappa shape index (κ3) is 3.84. The number of carbonyl (C=O) groups excluding carboxylic acids is 1. The number of halogens is 2. The lowest BCUT2D eigenvalue weighted by Gasteiger charge is -2.07. The zero-order valence-electron chi connectivity index (χ0n) is 14.3. The van der Waals surface area contributed by atoms with E-state index in [0.29, 0.717) is 15.8 Å². The van der Waals surface area contributed by atoms with Gasteiger partial charge < -0.3 is 9.30 Å². The summed E-state index contributed by atoms with van der Waals surface area (Å²) in [6.07, 6.45) is 1.64. The Kier molecular flexibility index (Phi) is 5.49. The minimum Gasteiger partial charge on any atom is -0.482 e. The van der Waals surface area contributed by atoms with E-state index < -0.39 is 0 Å². The molecule has 134 valence electrons. The zero-order valence-corrected chi connectivity index (χ0v) is 15.8. The first kappa shape index (κ1) is 18.3. The molecule has 1 aromatic heterocycles. The quantitative estimate of drug-likeness (QED) is 0.521. The van der Waals surface area contributed by atoms with Crippen molar-refractivity contribution >= 4 is 46.2 Å². The van der Waals surface area contributed by atoms with E-state index in [-0.39, 0.29) is 12.5 Å². The fourth-order valence-corrected chi connectivity index (χ4v) is 3.11. The normalized spacial score (nSPS) is 11.2. The van der Waals surface area contributed by atoms with Gasteiger partial charge in [0.15, 0.2) is 6.61 Å². The first-order valence-corrected chi connectivity index (χ1v) is 8.66. The fraction of sp³-hybridized carbons (Fsp3) is 0.158. The Morgan fingerprint density at radius 1 is 1.27 bits per heavy atom. The van der Waals surface area contributed by atoms with Crippen molar-refractivity contribution in [1.29, 1.82) is 0 Å². The standard InChI is InChI=1S/C19H17Cl2N3O2/c1-12-15(14-5-3-4-6-17(14)24(12)2)10-22-23-19(25)11-26-18-8-7-13(20)9-16(18)21/h3-10H,11H2,1-2H3,(H,23,25)/b22-10+. The molecule has 7 heteroatoms. The number of hydrazone groups is 1. The zero-order chi connectivity index (χ0) is 18.7. The second-order valence-corrected chi connectivity index (χ2v) is 6.58. The molecule has 0 saturated heterocycles. The number of nitrogens with zero attached hydrogens (tertiary/aromatic N) is 2. The molecule has 0 radical (unpaired) electrons. The van der Waals surface area contributed by atoms with E-state index in [1.54, 1.807) is 24.4 Å². The number of nitrogens with one attached hydrogen (secondary N) is 1. The molecule has 0 unspecified atom stereocenters. The van der Waals surface area contributed by atoms with Gasteiger partial charge in [-0.3, -0.25) is 4.79 Å². The summed E-state index contributed by atoms with van der Waals surface area (Å²) in [6, 6.07) is 12.8. The summed E-state index contributed by atoms with van der Waals surface area (Å²) >= 11 is 11.8. The van der Waals surface area contributed by atoms with Crippen LogP contribution in [0, 0.1) is 6.92 Å². The largest absolute Gasteiger partial charge is 0.482 e. The van der Waals surface area contributed by atoms with Crippen LogP contribution >= 0.6 is 23.2 Å². The molecule has 0 saturated carbocycles. The molecule has 0 aliphatic carbocycles. The number of amides is 1. The molecule has 2 aromatic carbocycles. The van der Waals surface area contributed by atoms with Crippen molar-refractivity contribution < 1.29 is 9.53 Å². The number of aryl methyl sites for hydroxylation is 1. The maximum atomic E-state index is 11.9. The Morgan fingerprint density at radius 3 is 2.81 bits per heavy atom. The maximum Gasteiger partial charge on any atom is 0.277 e. The summed E-state index contributed by atoms with van der Waals surface area (Å²) < 4.78 is 7.46. The Hall–Kier alpha value is -2.50. The molecule has 26 heavy (non-hydrogen) atoms. The minimum atomic E-state index is -0.384. The van der Waals surface area contributed by atoms with Crippen LogP contribution in [-0.4, -0.2) is 23.3 Å². The van der Waals surface area contributed by atoms with Crippen molar-refractivity contribution in [3.63, 3.8) is 0 Å². The van der Waals surface area contributed by atoms with Crippen LogP contribution in [0.5, 0.6) is 5.75 Å². The van der Waals surface area contributed by atoms with Gasteiger partial charge in [0, 0.05) is 34.2 Å². The van der Waals surface area contributed by atoms with Crippen molar-refractivity contribution in [3.05, 3.63) is 63.8 Å². The number of hydrogen-bond acceptors (Lipinski definition) is 3. The van der Waals surface area contributed by atoms with Crippen LogP contribution in [0.4, 0.5) is 0 Å². The van der Waals surface area contributed by atoms with E-state index >= 15 is 0 Å². The van der Waals surface area contributed by atoms with Crippen LogP contribution in [0.15, 0.2) is 47.6 Å². The van der Waals surface area contributed by atoms with Gasteiger partial charge in [0.2, 0.25) is 0 Å². The van der Waals surface area contributed by atoms with Gasteiger partial charge in [-0.05, 0) is 31.2 Å². The molecule has 1 N–H and O–H groups in total. The molecule has 1 amide bonds. The Morgan fingerprint density at radius 2 is 2.04 bits per heavy atom. The topological polar surface area (TPSA) is 55.6 Å². The highest BCUT2D eigenvalue weighted by Crippen LogP contribution is 2.27. The molecule has 0 aliphatic rings. The summed E-state index contributed by atoms with van der Waals surface area (Å²) in [5, 5.41) is 5.97. The fourth-order valence-electron chi connectivity index (χ4n) is 2.65. The highest BCUT2D eigenvalue weighted by molar-refractivity contribution is 6.35. The number of para-hydroxylation sites is 1. The van der Waals surface area contributed by atoms with E-state index in [9.17, 15) is 4.79 Å². The van der Waals surface area contributed by atoms with Gasteiger partial charge in [-0.1, -0.05) is 41.4 Å². The summed E-state index contributed by atoms with van der Waals surface area (Å²) in [7, 11) is 2.00. The Labute approximate surface area is 161 Å². The summed E-state index contributed by atoms with van der Waals surface area (Å²) in [5.74, 6) is 0.00486. The number of fused-ring (bicyclic) bond motifs is 1. The number of carbonyl (C=O) groups is 1. The molecule has 0 aliphatic heterocycles. The Balaban J connectivity index is 1.64. The lowest BCUT2D eigenvalue weighted by atomic mass is 10.1. The smallest absolute Gasteiger partial charge is 0.277 e. The number of benzene rings is 2. The van der Waals surface area contributed by atoms with Gasteiger partial charge in [0.25, 0.3) is 5.91 Å². The van der Waals surface area contributed by atoms with Crippen molar-refractivity contribution in [1.82, 2.24) is 9.99 Å². The van der Waals surface area contributed by atoms with Gasteiger partial charge in [-0.15, -0.1) is 0 Å². The first-order chi connectivity index (χ1) is 12.5. The van der Waals surface area contributed by atoms with Gasteiger partial charge in [-0.25, -0.2) is 5.43 Å². The van der Waals surface area contributed by atoms with Gasteiger partial charge in [-0.2, -0.15) is 5.10 Å². The van der Waals surface area contributed by atoms with Crippen LogP contribution < -0.4 is 10.2 Å². The maximum absolute atomic E-state index is 11.9. The van der Waals surface area contributed by atoms with Crippen molar-refractivity contribution in [2.24, 2.45) is 12.1 Å². The van der Waals surface area contributed by atoms with E-state index in [1.807, 2.05) is 38.2 Å². The number of rotatable bonds is 5. The molecule has 3 aromatic rings. The SMILES string of the molecule is Cc1c(/C=N/NC(=O)COc2ccc(Cl)cc2Cl)c2ccccc2n1C. The summed E-state index contributed by atoms with van der Waals surface area (Å²) in [5.41, 5.74) is 5.60. The number of hydrogen-bond donors (Lipinski definition) is 1. The van der Waals surface area contributed by atoms with Crippen LogP contribution in [0.25, 0.3) is 10.9 Å². The predicted molar refractivity (Wildman–Crippen MR) is 105 cm³/mol. The highest BCUT2D eigenvalue weighted by Gasteiger charge is 2.10. The first-order valence-electron chi connectivity index (χ1n) is 7.91. The van der Waals surface area contributed by atoms with Crippen LogP contribution in [-0.2, 0) is 11.8 Å². The number of aromatic nitrogens is 1. The van der Waals surface area contributed by atoms with Crippen LogP contribution in [0.1, 0.15) is 11.3 Å². The molecule has 0 atom stereocenters. The molecule has 1 heterocycles. The lowest BCUT2D eigenvalue weighted by molar-refractivity contribution is -0.123. The minimum absolute atomic E-state index is 0.201. The molecule has 0 spiro atoms. The third-order valence-electron chi connectivity index (χ3n) is 4.08. The van der Waals surface area contributed by atoms with E-state index in [0.717, 1.165) is 22.2 Å². The average molecular weight is 390 g/mol. The van der Waals surface area contributed by atoms with Gasteiger partial charge >= 0.3 is 0 Å². The van der Waals surface area contributed by atoms with Crippen molar-refractivity contribution in [2.45, 2.75) is 6.92 Å². The second-order valence-electron chi connectivity index (χ2n) is 5.73. The molecule has 5 nitrogen and oxygen atoms in total. The van der Waals surface area contributed by atoms with E-state index in [1.165, 1.54) is 0 Å². The third-order valence-corrected chi connectivity index (χ3v) is 4.61. The predicted octanol–water partition coefficient (Wildman–Crippen LogP) is 4.32. The summed E-state index contributed by atoms with van der Waals surface area (Å²) in [4.78, 5) is 11.9. The number of ether oxygens (including phenoxy) is 1. The van der Waals surface area contributed by atoms with Crippen molar-refractivity contribution in [2.75, 3.05) is 6.61 Å². The molecular weight excluding hydrogens is 373 g/mol. The van der Waals surface area contributed by atoms with Crippen LogP contribution in [0.2, 0.25) is 10.0 Å². The van der Waals surface area contributed by atoms with Crippen LogP contribution in [0.3, 0.4) is 0 Å².